The maximum absolute atomic E-state index is 13.6. The van der Waals surface area contributed by atoms with Gasteiger partial charge in [-0.05, 0) is 30.3 Å². The molecule has 0 aliphatic rings. The van der Waals surface area contributed by atoms with Crippen molar-refractivity contribution in [2.75, 3.05) is 41.7 Å². The van der Waals surface area contributed by atoms with E-state index in [2.05, 4.69) is 0 Å². The van der Waals surface area contributed by atoms with Crippen molar-refractivity contribution in [1.82, 2.24) is 0 Å². The Bertz CT molecular complexity index is 1630. The summed E-state index contributed by atoms with van der Waals surface area (Å²) in [5.74, 6) is -4.13. The number of aromatic hydroxyl groups is 4. The second-order valence-corrected chi connectivity index (χ2v) is 8.47. The van der Waals surface area contributed by atoms with E-state index >= 15 is 0 Å². The number of esters is 1. The average Bonchev–Trinajstić information content (AvgIpc) is 2.96. The topological polar surface area (TPSA) is 193 Å². The predicted octanol–water partition coefficient (Wildman–Crippen LogP) is 3.45. The fraction of sp³-hybridized carbons (Fsp3) is 0.214. The van der Waals surface area contributed by atoms with Gasteiger partial charge < -0.3 is 58.0 Å². The van der Waals surface area contributed by atoms with Crippen LogP contribution in [0.1, 0.15) is 10.4 Å². The zero-order valence-electron chi connectivity index (χ0n) is 22.5. The number of benzene rings is 3. The molecule has 1 aromatic heterocycles. The van der Waals surface area contributed by atoms with Crippen LogP contribution in [0.25, 0.3) is 22.3 Å². The lowest BCUT2D eigenvalue weighted by Crippen LogP contribution is -2.17. The van der Waals surface area contributed by atoms with Gasteiger partial charge in [0.1, 0.15) is 22.5 Å². The molecule has 4 aromatic rings. The minimum Gasteiger partial charge on any atom is -0.508 e. The van der Waals surface area contributed by atoms with E-state index < -0.39 is 40.1 Å². The van der Waals surface area contributed by atoms with Crippen molar-refractivity contribution >= 4 is 16.9 Å². The van der Waals surface area contributed by atoms with Gasteiger partial charge in [-0.15, -0.1) is 0 Å². The zero-order valence-corrected chi connectivity index (χ0v) is 22.5. The quantitative estimate of drug-likeness (QED) is 0.107. The second kappa shape index (κ2) is 13.0. The van der Waals surface area contributed by atoms with Crippen LogP contribution in [0.3, 0.4) is 0 Å². The molecule has 0 aliphatic heterocycles. The largest absolute Gasteiger partial charge is 0.508 e. The Morgan fingerprint density at radius 2 is 1.36 bits per heavy atom. The Kier molecular flexibility index (Phi) is 9.22. The molecule has 4 rings (SSSR count). The highest BCUT2D eigenvalue weighted by molar-refractivity contribution is 5.95. The predicted molar refractivity (Wildman–Crippen MR) is 143 cm³/mol. The van der Waals surface area contributed by atoms with E-state index in [0.29, 0.717) is 0 Å². The number of hydrogen-bond acceptors (Lipinski definition) is 14. The highest BCUT2D eigenvalue weighted by Gasteiger charge is 2.26. The van der Waals surface area contributed by atoms with Crippen molar-refractivity contribution in [3.8, 4) is 57.3 Å². The van der Waals surface area contributed by atoms with E-state index in [4.69, 9.17) is 37.6 Å². The number of ether oxygens (including phenoxy) is 7. The monoisotopic (exact) mass is 586 g/mol. The Morgan fingerprint density at radius 1 is 0.738 bits per heavy atom. The first-order valence-corrected chi connectivity index (χ1v) is 12.0. The van der Waals surface area contributed by atoms with Gasteiger partial charge in [-0.3, -0.25) is 4.79 Å². The van der Waals surface area contributed by atoms with Crippen LogP contribution in [-0.4, -0.2) is 68.1 Å². The zero-order chi connectivity index (χ0) is 30.4. The molecule has 0 aliphatic carbocycles. The molecule has 0 bridgehead atoms. The summed E-state index contributed by atoms with van der Waals surface area (Å²) in [7, 11) is 4.16. The van der Waals surface area contributed by atoms with Crippen LogP contribution in [0.5, 0.6) is 46.0 Å². The molecule has 0 unspecified atom stereocenters. The Labute approximate surface area is 237 Å². The first-order chi connectivity index (χ1) is 20.2. The molecule has 1 heterocycles. The van der Waals surface area contributed by atoms with E-state index in [-0.39, 0.29) is 65.5 Å². The number of phenolic OH excluding ortho intramolecular Hbond substituents is 4. The smallest absolute Gasteiger partial charge is 0.344 e. The molecular weight excluding hydrogens is 560 g/mol. The molecular formula is C28H26O14. The highest BCUT2D eigenvalue weighted by atomic mass is 16.7. The van der Waals surface area contributed by atoms with Gasteiger partial charge in [-0.1, -0.05) is 0 Å². The van der Waals surface area contributed by atoms with E-state index in [9.17, 15) is 30.0 Å². The Morgan fingerprint density at radius 3 is 1.95 bits per heavy atom. The molecule has 0 amide bonds. The number of phenols is 4. The summed E-state index contributed by atoms with van der Waals surface area (Å²) >= 11 is 0. The van der Waals surface area contributed by atoms with E-state index in [1.165, 1.54) is 39.5 Å². The lowest BCUT2D eigenvalue weighted by molar-refractivity contribution is 0.0216. The van der Waals surface area contributed by atoms with Crippen LogP contribution >= 0.6 is 0 Å². The van der Waals surface area contributed by atoms with Gasteiger partial charge in [0, 0.05) is 39.0 Å². The van der Waals surface area contributed by atoms with Gasteiger partial charge in [0.2, 0.25) is 16.9 Å². The van der Waals surface area contributed by atoms with Crippen molar-refractivity contribution in [3.63, 3.8) is 0 Å². The van der Waals surface area contributed by atoms with E-state index in [1.807, 2.05) is 0 Å². The van der Waals surface area contributed by atoms with Crippen LogP contribution in [0.4, 0.5) is 0 Å². The lowest BCUT2D eigenvalue weighted by atomic mass is 10.1. The maximum Gasteiger partial charge on any atom is 0.344 e. The Balaban J connectivity index is 1.88. The molecule has 222 valence electrons. The number of fused-ring (bicyclic) bond motifs is 1. The van der Waals surface area contributed by atoms with Crippen LogP contribution in [-0.2, 0) is 14.2 Å². The van der Waals surface area contributed by atoms with Gasteiger partial charge in [-0.25, -0.2) is 4.79 Å². The maximum atomic E-state index is 13.6. The van der Waals surface area contributed by atoms with Crippen molar-refractivity contribution in [1.29, 1.82) is 0 Å². The number of rotatable bonds is 12. The van der Waals surface area contributed by atoms with Crippen LogP contribution < -0.4 is 24.4 Å². The molecule has 0 spiro atoms. The fourth-order valence-corrected chi connectivity index (χ4v) is 3.78. The summed E-state index contributed by atoms with van der Waals surface area (Å²) in [5.41, 5.74) is -1.38. The van der Waals surface area contributed by atoms with E-state index in [0.717, 1.165) is 24.3 Å². The normalized spacial score (nSPS) is 10.9. The highest BCUT2D eigenvalue weighted by Crippen LogP contribution is 2.41. The van der Waals surface area contributed by atoms with Crippen molar-refractivity contribution < 1.29 is 62.8 Å². The molecule has 14 nitrogen and oxygen atoms in total. The molecule has 0 saturated carbocycles. The summed E-state index contributed by atoms with van der Waals surface area (Å²) in [6.07, 6.45) is 0. The SMILES string of the molecule is COCOc1cc(C(=O)Oc2c(-c3ccc(O)c(O)c3)oc3cc(O)cc(O)c3c2=O)cc(OCOC)c1OCOC. The van der Waals surface area contributed by atoms with Gasteiger partial charge in [0.15, 0.2) is 49.1 Å². The van der Waals surface area contributed by atoms with Gasteiger partial charge >= 0.3 is 5.97 Å². The average molecular weight is 587 g/mol. The first-order valence-electron chi connectivity index (χ1n) is 12.0. The molecule has 4 N–H and O–H groups in total. The molecule has 0 saturated heterocycles. The molecule has 3 aromatic carbocycles. The molecule has 42 heavy (non-hydrogen) atoms. The van der Waals surface area contributed by atoms with Crippen LogP contribution in [0, 0.1) is 0 Å². The lowest BCUT2D eigenvalue weighted by Gasteiger charge is -2.17. The van der Waals surface area contributed by atoms with Gasteiger partial charge in [0.05, 0.1) is 5.56 Å². The summed E-state index contributed by atoms with van der Waals surface area (Å²) in [4.78, 5) is 27.0. The molecule has 0 atom stereocenters. The Hall–Kier alpha value is -5.18. The number of hydrogen-bond donors (Lipinski definition) is 4. The minimum atomic E-state index is -1.09. The molecule has 0 fully saturated rings. The summed E-state index contributed by atoms with van der Waals surface area (Å²) in [6.45, 7) is -0.669. The summed E-state index contributed by atoms with van der Waals surface area (Å²) < 4.78 is 42.8. The van der Waals surface area contributed by atoms with E-state index in [1.54, 1.807) is 0 Å². The van der Waals surface area contributed by atoms with Crippen molar-refractivity contribution in [2.24, 2.45) is 0 Å². The van der Waals surface area contributed by atoms with Crippen LogP contribution in [0.15, 0.2) is 51.7 Å². The minimum absolute atomic E-state index is 0.00296. The number of carbonyl (C=O) groups is 1. The van der Waals surface area contributed by atoms with Gasteiger partial charge in [0.25, 0.3) is 0 Å². The number of methoxy groups -OCH3 is 3. The van der Waals surface area contributed by atoms with Crippen molar-refractivity contribution in [2.45, 2.75) is 0 Å². The van der Waals surface area contributed by atoms with Gasteiger partial charge in [-0.2, -0.15) is 0 Å². The summed E-state index contributed by atoms with van der Waals surface area (Å²) in [5, 5.41) is 39.7. The second-order valence-electron chi connectivity index (χ2n) is 8.47. The molecule has 14 heteroatoms. The third-order valence-electron chi connectivity index (χ3n) is 5.59. The third kappa shape index (κ3) is 6.25. The molecule has 0 radical (unpaired) electrons. The van der Waals surface area contributed by atoms with Crippen molar-refractivity contribution in [3.05, 3.63) is 58.3 Å². The third-order valence-corrected chi connectivity index (χ3v) is 5.59. The summed E-state index contributed by atoms with van der Waals surface area (Å²) in [6, 6.07) is 7.95. The fourth-order valence-electron chi connectivity index (χ4n) is 3.78. The first kappa shape index (κ1) is 29.8. The standard InChI is InChI=1S/C28H26O14/c1-35-11-38-21-7-15(8-22(39-12-36-2)26(21)40-13-37-3)28(34)42-27-24(33)23-19(32)9-16(29)10-20(23)41-25(27)14-4-5-17(30)18(31)6-14/h4-10,29-32H,11-13H2,1-3H3. The number of carbonyl (C=O) groups excluding carboxylic acids is 1. The van der Waals surface area contributed by atoms with Crippen LogP contribution in [0.2, 0.25) is 0 Å².